The zero-order chi connectivity index (χ0) is 24.4. The summed E-state index contributed by atoms with van der Waals surface area (Å²) in [4.78, 5) is 36.8. The molecule has 0 amide bonds. The highest BCUT2D eigenvalue weighted by Crippen LogP contribution is 2.15. The third-order valence-electron chi connectivity index (χ3n) is 5.30. The van der Waals surface area contributed by atoms with Crippen molar-refractivity contribution in [3.8, 4) is 0 Å². The van der Waals surface area contributed by atoms with Crippen molar-refractivity contribution in [2.45, 2.75) is 51.1 Å². The van der Waals surface area contributed by atoms with Crippen LogP contribution in [0.3, 0.4) is 0 Å². The van der Waals surface area contributed by atoms with Crippen LogP contribution in [0, 0.1) is 11.6 Å². The maximum absolute atomic E-state index is 13.8. The van der Waals surface area contributed by atoms with E-state index < -0.39 is 22.9 Å². The molecular formula is C21H20Cl2F2N6O3. The van der Waals surface area contributed by atoms with E-state index in [2.05, 4.69) is 20.1 Å². The Morgan fingerprint density at radius 3 is 2.74 bits per heavy atom. The van der Waals surface area contributed by atoms with Gasteiger partial charge in [-0.2, -0.15) is 9.97 Å². The second kappa shape index (κ2) is 10.1. The van der Waals surface area contributed by atoms with Crippen molar-refractivity contribution in [1.82, 2.24) is 29.2 Å². The number of fused-ring (bicyclic) bond motifs is 1. The van der Waals surface area contributed by atoms with Crippen LogP contribution in [0.15, 0.2) is 32.3 Å². The monoisotopic (exact) mass is 512 g/mol. The quantitative estimate of drug-likeness (QED) is 0.271. The number of benzene rings is 1. The van der Waals surface area contributed by atoms with Crippen LogP contribution in [-0.4, -0.2) is 34.6 Å². The summed E-state index contributed by atoms with van der Waals surface area (Å²) in [5.41, 5.74) is -0.581. The number of aromatic nitrogens is 6. The maximum atomic E-state index is 13.8. The molecule has 0 saturated heterocycles. The first kappa shape index (κ1) is 24.1. The molecule has 0 aliphatic heterocycles. The van der Waals surface area contributed by atoms with E-state index in [-0.39, 0.29) is 65.0 Å². The lowest BCUT2D eigenvalue weighted by molar-refractivity contribution is 0.367. The normalized spacial score (nSPS) is 12.5. The average molecular weight is 513 g/mol. The van der Waals surface area contributed by atoms with Crippen molar-refractivity contribution in [3.05, 3.63) is 73.2 Å². The smallest absolute Gasteiger partial charge is 0.332 e. The van der Waals surface area contributed by atoms with E-state index in [9.17, 15) is 18.4 Å². The molecule has 0 spiro atoms. The lowest BCUT2D eigenvalue weighted by atomic mass is 10.1. The topological polar surface area (TPSA) is 112 Å². The first-order valence-electron chi connectivity index (χ1n) is 10.5. The summed E-state index contributed by atoms with van der Waals surface area (Å²) in [6.45, 7) is 2.13. The van der Waals surface area contributed by atoms with E-state index in [1.165, 1.54) is 10.6 Å². The van der Waals surface area contributed by atoms with Gasteiger partial charge in [0.05, 0.1) is 5.38 Å². The minimum atomic E-state index is -0.696. The van der Waals surface area contributed by atoms with Crippen molar-refractivity contribution in [1.29, 1.82) is 0 Å². The summed E-state index contributed by atoms with van der Waals surface area (Å²) in [5.74, 6) is -0.862. The molecule has 4 aromatic rings. The van der Waals surface area contributed by atoms with Gasteiger partial charge < -0.3 is 9.51 Å². The summed E-state index contributed by atoms with van der Waals surface area (Å²) in [6.07, 6.45) is 1.27. The lowest BCUT2D eigenvalue weighted by Gasteiger charge is -2.13. The molecule has 1 atom stereocenters. The van der Waals surface area contributed by atoms with Crippen LogP contribution in [-0.2, 0) is 25.9 Å². The SMILES string of the molecule is CCC(Cl)Cn1c(=O)n(CCCc2nc(Cc3ccc(F)cc3F)no2)c(=O)c2[nH]c(Cl)nc21. The van der Waals surface area contributed by atoms with E-state index in [1.807, 2.05) is 6.92 Å². The van der Waals surface area contributed by atoms with Crippen molar-refractivity contribution < 1.29 is 13.3 Å². The molecular weight excluding hydrogens is 493 g/mol. The fourth-order valence-electron chi connectivity index (χ4n) is 3.51. The Hall–Kier alpha value is -3.05. The molecule has 1 N–H and O–H groups in total. The van der Waals surface area contributed by atoms with Gasteiger partial charge in [0, 0.05) is 32.0 Å². The van der Waals surface area contributed by atoms with Gasteiger partial charge in [-0.3, -0.25) is 13.9 Å². The highest BCUT2D eigenvalue weighted by molar-refractivity contribution is 6.29. The van der Waals surface area contributed by atoms with Crippen LogP contribution in [0.5, 0.6) is 0 Å². The number of nitrogens with zero attached hydrogens (tertiary/aromatic N) is 5. The van der Waals surface area contributed by atoms with Gasteiger partial charge in [-0.05, 0) is 36.1 Å². The zero-order valence-electron chi connectivity index (χ0n) is 18.0. The zero-order valence-corrected chi connectivity index (χ0v) is 19.5. The van der Waals surface area contributed by atoms with Gasteiger partial charge in [0.25, 0.3) is 5.56 Å². The number of halogens is 4. The molecule has 34 heavy (non-hydrogen) atoms. The molecule has 0 bridgehead atoms. The molecule has 3 heterocycles. The molecule has 1 unspecified atom stereocenters. The average Bonchev–Trinajstić information content (AvgIpc) is 3.41. The van der Waals surface area contributed by atoms with Gasteiger partial charge in [0.2, 0.25) is 11.2 Å². The summed E-state index contributed by atoms with van der Waals surface area (Å²) >= 11 is 12.2. The van der Waals surface area contributed by atoms with Gasteiger partial charge in [-0.1, -0.05) is 18.1 Å². The Morgan fingerprint density at radius 2 is 2.00 bits per heavy atom. The second-order valence-corrected chi connectivity index (χ2v) is 8.68. The molecule has 0 saturated carbocycles. The highest BCUT2D eigenvalue weighted by atomic mass is 35.5. The summed E-state index contributed by atoms with van der Waals surface area (Å²) < 4.78 is 34.5. The number of hydrogen-bond acceptors (Lipinski definition) is 6. The van der Waals surface area contributed by atoms with E-state index >= 15 is 0 Å². The molecule has 0 radical (unpaired) electrons. The molecule has 3 aromatic heterocycles. The van der Waals surface area contributed by atoms with Crippen LogP contribution in [0.4, 0.5) is 8.78 Å². The van der Waals surface area contributed by atoms with Gasteiger partial charge in [-0.15, -0.1) is 11.6 Å². The minimum absolute atomic E-state index is 0.00315. The van der Waals surface area contributed by atoms with E-state index in [0.717, 1.165) is 16.7 Å². The lowest BCUT2D eigenvalue weighted by Crippen LogP contribution is -2.41. The number of imidazole rings is 1. The van der Waals surface area contributed by atoms with Crippen molar-refractivity contribution in [2.24, 2.45) is 0 Å². The molecule has 0 aliphatic carbocycles. The van der Waals surface area contributed by atoms with Gasteiger partial charge in [0.15, 0.2) is 17.0 Å². The Balaban J connectivity index is 1.50. The number of H-pyrrole nitrogens is 1. The number of alkyl halides is 1. The number of hydrogen-bond donors (Lipinski definition) is 1. The maximum Gasteiger partial charge on any atom is 0.332 e. The molecule has 4 rings (SSSR count). The van der Waals surface area contributed by atoms with E-state index in [1.54, 1.807) is 0 Å². The Bertz CT molecular complexity index is 1440. The largest absolute Gasteiger partial charge is 0.339 e. The summed E-state index contributed by atoms with van der Waals surface area (Å²) in [5, 5.41) is 3.48. The number of aryl methyl sites for hydroxylation is 1. The highest BCUT2D eigenvalue weighted by Gasteiger charge is 2.19. The molecule has 9 nitrogen and oxygen atoms in total. The van der Waals surface area contributed by atoms with Crippen molar-refractivity contribution >= 4 is 34.4 Å². The number of aromatic amines is 1. The first-order chi connectivity index (χ1) is 16.3. The standard InChI is InChI=1S/C21H20Cl2F2N6O3/c1-2-12(22)10-31-18-17(27-20(23)28-18)19(32)30(21(31)33)7-3-4-16-26-15(29-34-16)8-11-5-6-13(24)9-14(11)25/h5-6,9,12H,2-4,7-8,10H2,1H3,(H,27,28). The van der Waals surface area contributed by atoms with Crippen LogP contribution in [0.25, 0.3) is 11.2 Å². The predicted octanol–water partition coefficient (Wildman–Crippen LogP) is 3.44. The fourth-order valence-corrected chi connectivity index (χ4v) is 3.83. The van der Waals surface area contributed by atoms with E-state index in [0.29, 0.717) is 12.8 Å². The second-order valence-electron chi connectivity index (χ2n) is 7.70. The summed E-state index contributed by atoms with van der Waals surface area (Å²) in [6, 6.07) is 3.26. The van der Waals surface area contributed by atoms with Crippen LogP contribution in [0.2, 0.25) is 5.28 Å². The van der Waals surface area contributed by atoms with Crippen LogP contribution in [0.1, 0.15) is 37.0 Å². The van der Waals surface area contributed by atoms with Gasteiger partial charge >= 0.3 is 5.69 Å². The molecule has 1 aromatic carbocycles. The Morgan fingerprint density at radius 1 is 1.21 bits per heavy atom. The molecule has 13 heteroatoms. The first-order valence-corrected chi connectivity index (χ1v) is 11.4. The van der Waals surface area contributed by atoms with Gasteiger partial charge in [0.1, 0.15) is 11.6 Å². The number of nitrogens with one attached hydrogen (secondary N) is 1. The minimum Gasteiger partial charge on any atom is -0.339 e. The molecule has 0 aliphatic rings. The van der Waals surface area contributed by atoms with Crippen molar-refractivity contribution in [3.63, 3.8) is 0 Å². The Kier molecular flexibility index (Phi) is 7.13. The summed E-state index contributed by atoms with van der Waals surface area (Å²) in [7, 11) is 0. The predicted molar refractivity (Wildman–Crippen MR) is 121 cm³/mol. The number of rotatable bonds is 9. The van der Waals surface area contributed by atoms with E-state index in [4.69, 9.17) is 27.7 Å². The molecule has 180 valence electrons. The Labute approximate surface area is 201 Å². The van der Waals surface area contributed by atoms with Crippen molar-refractivity contribution in [2.75, 3.05) is 0 Å². The van der Waals surface area contributed by atoms with Gasteiger partial charge in [-0.25, -0.2) is 13.6 Å². The fraction of sp³-hybridized carbons (Fsp3) is 0.381. The third-order valence-corrected chi connectivity index (χ3v) is 5.93. The third kappa shape index (κ3) is 5.05. The van der Waals surface area contributed by atoms with Crippen LogP contribution < -0.4 is 11.2 Å². The van der Waals surface area contributed by atoms with Crippen LogP contribution >= 0.6 is 23.2 Å². The molecule has 0 fully saturated rings.